The number of rotatable bonds is 4. The molecule has 3 saturated heterocycles. The minimum absolute atomic E-state index is 0.198. The summed E-state index contributed by atoms with van der Waals surface area (Å²) in [5.74, 6) is 0.442. The first-order valence-electron chi connectivity index (χ1n) is 9.03. The molecule has 0 aromatic carbocycles. The van der Waals surface area contributed by atoms with E-state index in [0.717, 1.165) is 52.0 Å². The largest absolute Gasteiger partial charge is 0.378 e. The summed E-state index contributed by atoms with van der Waals surface area (Å²) in [4.78, 5) is 30.6. The van der Waals surface area contributed by atoms with E-state index in [1.54, 1.807) is 6.92 Å². The fourth-order valence-corrected chi connectivity index (χ4v) is 4.36. The zero-order chi connectivity index (χ0) is 16.2. The lowest BCUT2D eigenvalue weighted by Crippen LogP contribution is -2.48. The Labute approximate surface area is 138 Å². The number of amides is 2. The van der Waals surface area contributed by atoms with Gasteiger partial charge in [-0.05, 0) is 32.2 Å². The topological polar surface area (TPSA) is 53.1 Å². The molecule has 0 spiro atoms. The van der Waals surface area contributed by atoms with Crippen molar-refractivity contribution < 1.29 is 14.3 Å². The van der Waals surface area contributed by atoms with Crippen molar-refractivity contribution >= 4 is 11.8 Å². The lowest BCUT2D eigenvalue weighted by molar-refractivity contribution is -0.136. The highest BCUT2D eigenvalue weighted by molar-refractivity contribution is 5.76. The van der Waals surface area contributed by atoms with Crippen molar-refractivity contribution in [3.05, 3.63) is 0 Å². The highest BCUT2D eigenvalue weighted by Gasteiger charge is 2.38. The number of morpholine rings is 1. The molecule has 0 radical (unpaired) electrons. The zero-order valence-corrected chi connectivity index (χ0v) is 14.2. The Kier molecular flexibility index (Phi) is 5.54. The van der Waals surface area contributed by atoms with E-state index in [9.17, 15) is 9.59 Å². The van der Waals surface area contributed by atoms with Gasteiger partial charge in [0, 0.05) is 51.6 Å². The van der Waals surface area contributed by atoms with Crippen LogP contribution in [-0.2, 0) is 14.3 Å². The second-order valence-corrected chi connectivity index (χ2v) is 6.91. The van der Waals surface area contributed by atoms with E-state index in [1.165, 1.54) is 6.42 Å². The van der Waals surface area contributed by atoms with Gasteiger partial charge in [0.25, 0.3) is 0 Å². The van der Waals surface area contributed by atoms with E-state index in [-0.39, 0.29) is 11.8 Å². The molecule has 3 fully saturated rings. The van der Waals surface area contributed by atoms with Gasteiger partial charge in [-0.25, -0.2) is 0 Å². The average Bonchev–Trinajstić information content (AvgIpc) is 3.21. The van der Waals surface area contributed by atoms with Crippen LogP contribution < -0.4 is 0 Å². The number of hydrogen-bond acceptors (Lipinski definition) is 4. The lowest BCUT2D eigenvalue weighted by Gasteiger charge is -2.35. The number of hydrogen-bond donors (Lipinski definition) is 0. The quantitative estimate of drug-likeness (QED) is 0.765. The van der Waals surface area contributed by atoms with Gasteiger partial charge in [0.15, 0.2) is 0 Å². The highest BCUT2D eigenvalue weighted by atomic mass is 16.5. The van der Waals surface area contributed by atoms with Crippen molar-refractivity contribution in [2.45, 2.75) is 51.1 Å². The molecule has 23 heavy (non-hydrogen) atoms. The van der Waals surface area contributed by atoms with Crippen LogP contribution in [-0.4, -0.2) is 84.5 Å². The number of nitrogens with zero attached hydrogens (tertiary/aromatic N) is 3. The van der Waals surface area contributed by atoms with Gasteiger partial charge in [-0.3, -0.25) is 14.5 Å². The molecule has 0 bridgehead atoms. The number of carbonyl (C=O) groups excluding carboxylic acids is 2. The molecule has 6 nitrogen and oxygen atoms in total. The number of likely N-dealkylation sites (tertiary alicyclic amines) is 2. The van der Waals surface area contributed by atoms with Gasteiger partial charge in [-0.2, -0.15) is 0 Å². The SMILES string of the molecule is CC(=O)N1CCC[C@@H]1[C@@H]1CCCN1CCC(=O)N1CCOCC1. The Morgan fingerprint density at radius 3 is 2.43 bits per heavy atom. The summed E-state index contributed by atoms with van der Waals surface area (Å²) in [5, 5.41) is 0. The van der Waals surface area contributed by atoms with Crippen LogP contribution in [0.15, 0.2) is 0 Å². The van der Waals surface area contributed by atoms with Crippen molar-refractivity contribution in [1.29, 1.82) is 0 Å². The van der Waals surface area contributed by atoms with Gasteiger partial charge < -0.3 is 14.5 Å². The van der Waals surface area contributed by atoms with Gasteiger partial charge in [0.1, 0.15) is 0 Å². The van der Waals surface area contributed by atoms with E-state index < -0.39 is 0 Å². The molecule has 0 aliphatic carbocycles. The van der Waals surface area contributed by atoms with E-state index in [1.807, 2.05) is 9.80 Å². The number of ether oxygens (including phenoxy) is 1. The van der Waals surface area contributed by atoms with Gasteiger partial charge in [-0.1, -0.05) is 0 Å². The summed E-state index contributed by atoms with van der Waals surface area (Å²) in [6.07, 6.45) is 5.14. The monoisotopic (exact) mass is 323 g/mol. The first-order valence-corrected chi connectivity index (χ1v) is 9.03. The van der Waals surface area contributed by atoms with Crippen LogP contribution in [0.4, 0.5) is 0 Å². The maximum Gasteiger partial charge on any atom is 0.224 e. The molecular weight excluding hydrogens is 294 g/mol. The van der Waals surface area contributed by atoms with Crippen molar-refractivity contribution in [3.63, 3.8) is 0 Å². The molecule has 0 aromatic rings. The lowest BCUT2D eigenvalue weighted by atomic mass is 10.0. The summed E-state index contributed by atoms with van der Waals surface area (Å²) < 4.78 is 5.30. The third kappa shape index (κ3) is 3.86. The summed E-state index contributed by atoms with van der Waals surface area (Å²) in [6.45, 7) is 7.23. The highest BCUT2D eigenvalue weighted by Crippen LogP contribution is 2.30. The van der Waals surface area contributed by atoms with Crippen molar-refractivity contribution in [2.24, 2.45) is 0 Å². The molecule has 6 heteroatoms. The van der Waals surface area contributed by atoms with Crippen LogP contribution >= 0.6 is 0 Å². The predicted molar refractivity (Wildman–Crippen MR) is 87.0 cm³/mol. The standard InChI is InChI=1S/C17H29N3O3/c1-14(21)20-8-3-5-16(20)15-4-2-7-18(15)9-6-17(22)19-10-12-23-13-11-19/h15-16H,2-13H2,1H3/t15-,16+/m0/s1. The molecule has 0 aromatic heterocycles. The van der Waals surface area contributed by atoms with Crippen LogP contribution in [0.1, 0.15) is 39.0 Å². The Hall–Kier alpha value is -1.14. The van der Waals surface area contributed by atoms with E-state index in [0.29, 0.717) is 31.7 Å². The van der Waals surface area contributed by atoms with Crippen LogP contribution in [0.2, 0.25) is 0 Å². The summed E-state index contributed by atoms with van der Waals surface area (Å²) in [7, 11) is 0. The Bertz CT molecular complexity index is 437. The molecule has 2 atom stereocenters. The molecule has 3 aliphatic heterocycles. The van der Waals surface area contributed by atoms with Gasteiger partial charge in [-0.15, -0.1) is 0 Å². The minimum atomic E-state index is 0.198. The number of carbonyl (C=O) groups is 2. The Morgan fingerprint density at radius 1 is 1.00 bits per heavy atom. The van der Waals surface area contributed by atoms with Crippen molar-refractivity contribution in [2.75, 3.05) is 45.9 Å². The third-order valence-electron chi connectivity index (χ3n) is 5.54. The Balaban J connectivity index is 1.52. The molecular formula is C17H29N3O3. The fraction of sp³-hybridized carbons (Fsp3) is 0.882. The Morgan fingerprint density at radius 2 is 1.70 bits per heavy atom. The second-order valence-electron chi connectivity index (χ2n) is 6.91. The van der Waals surface area contributed by atoms with Crippen LogP contribution in [0, 0.1) is 0 Å². The fourth-order valence-electron chi connectivity index (χ4n) is 4.36. The van der Waals surface area contributed by atoms with Crippen molar-refractivity contribution in [1.82, 2.24) is 14.7 Å². The molecule has 2 amide bonds. The molecule has 3 rings (SSSR count). The van der Waals surface area contributed by atoms with E-state index in [4.69, 9.17) is 4.74 Å². The van der Waals surface area contributed by atoms with Crippen LogP contribution in [0.3, 0.4) is 0 Å². The van der Waals surface area contributed by atoms with E-state index >= 15 is 0 Å². The summed E-state index contributed by atoms with van der Waals surface area (Å²) in [6, 6.07) is 0.798. The normalized spacial score (nSPS) is 29.3. The average molecular weight is 323 g/mol. The zero-order valence-electron chi connectivity index (χ0n) is 14.2. The van der Waals surface area contributed by atoms with Gasteiger partial charge in [0.05, 0.1) is 13.2 Å². The van der Waals surface area contributed by atoms with Crippen molar-refractivity contribution in [3.8, 4) is 0 Å². The molecule has 3 heterocycles. The summed E-state index contributed by atoms with van der Waals surface area (Å²) >= 11 is 0. The van der Waals surface area contributed by atoms with Crippen LogP contribution in [0.5, 0.6) is 0 Å². The van der Waals surface area contributed by atoms with E-state index in [2.05, 4.69) is 4.90 Å². The summed E-state index contributed by atoms with van der Waals surface area (Å²) in [5.41, 5.74) is 0. The second kappa shape index (κ2) is 7.62. The molecule has 0 saturated carbocycles. The first kappa shape index (κ1) is 16.7. The molecule has 0 N–H and O–H groups in total. The molecule has 0 unspecified atom stereocenters. The minimum Gasteiger partial charge on any atom is -0.378 e. The smallest absolute Gasteiger partial charge is 0.224 e. The maximum atomic E-state index is 12.3. The first-order chi connectivity index (χ1) is 11.2. The third-order valence-corrected chi connectivity index (χ3v) is 5.54. The molecule has 3 aliphatic rings. The van der Waals surface area contributed by atoms with Crippen LogP contribution in [0.25, 0.3) is 0 Å². The van der Waals surface area contributed by atoms with Gasteiger partial charge >= 0.3 is 0 Å². The maximum absolute atomic E-state index is 12.3. The van der Waals surface area contributed by atoms with Gasteiger partial charge in [0.2, 0.25) is 11.8 Å². The predicted octanol–water partition coefficient (Wildman–Crippen LogP) is 0.711. The molecule has 130 valence electrons.